The van der Waals surface area contributed by atoms with Crippen molar-refractivity contribution in [2.75, 3.05) is 12.3 Å². The van der Waals surface area contributed by atoms with E-state index in [1.54, 1.807) is 0 Å². The molecule has 1 heterocycles. The highest BCUT2D eigenvalue weighted by Crippen LogP contribution is 2.34. The fourth-order valence-corrected chi connectivity index (χ4v) is 3.76. The van der Waals surface area contributed by atoms with Gasteiger partial charge in [0, 0.05) is 18.7 Å². The molecule has 1 atom stereocenters. The molecule has 2 aromatic rings. The molecule has 2 aromatic carbocycles. The highest BCUT2D eigenvalue weighted by atomic mass is 35.5. The van der Waals surface area contributed by atoms with Gasteiger partial charge in [0.1, 0.15) is 0 Å². The molecule has 1 amide bonds. The van der Waals surface area contributed by atoms with Crippen LogP contribution in [0.2, 0.25) is 0 Å². The van der Waals surface area contributed by atoms with Crippen LogP contribution in [-0.2, 0) is 16.6 Å². The molecule has 0 aliphatic carbocycles. The van der Waals surface area contributed by atoms with E-state index in [1.165, 1.54) is 11.1 Å². The lowest BCUT2D eigenvalue weighted by Gasteiger charge is -2.26. The number of carbonyl (C=O) groups is 1. The number of nitrogen functional groups attached to an aromatic ring is 1. The molecule has 146 valence electrons. The number of likely N-dealkylation sites (tertiary alicyclic amines) is 1. The van der Waals surface area contributed by atoms with Gasteiger partial charge < -0.3 is 10.6 Å². The number of hydrogen-bond acceptors (Lipinski definition) is 2. The van der Waals surface area contributed by atoms with E-state index in [0.717, 1.165) is 30.6 Å². The molecule has 3 rings (SSSR count). The Bertz CT molecular complexity index is 765. The van der Waals surface area contributed by atoms with E-state index in [4.69, 9.17) is 5.73 Å². The molecule has 27 heavy (non-hydrogen) atoms. The van der Waals surface area contributed by atoms with Gasteiger partial charge in [-0.1, -0.05) is 63.2 Å². The van der Waals surface area contributed by atoms with Crippen molar-refractivity contribution in [3.63, 3.8) is 0 Å². The number of para-hydroxylation sites is 1. The SMILES string of the molecule is CC(C)(C)c1ccc(C2CCCN2C(=O)CCc2ccccc2N)cc1.Cl. The Hall–Kier alpha value is -2.00. The van der Waals surface area contributed by atoms with Crippen LogP contribution in [0.3, 0.4) is 0 Å². The lowest BCUT2D eigenvalue weighted by molar-refractivity contribution is -0.132. The number of nitrogens with two attached hydrogens (primary N) is 1. The number of hydrogen-bond donors (Lipinski definition) is 1. The monoisotopic (exact) mass is 386 g/mol. The van der Waals surface area contributed by atoms with E-state index in [-0.39, 0.29) is 29.8 Å². The van der Waals surface area contributed by atoms with Gasteiger partial charge in [0.15, 0.2) is 0 Å². The number of rotatable bonds is 4. The molecule has 3 nitrogen and oxygen atoms in total. The van der Waals surface area contributed by atoms with E-state index in [2.05, 4.69) is 49.9 Å². The number of anilines is 1. The van der Waals surface area contributed by atoms with Crippen molar-refractivity contribution in [1.82, 2.24) is 4.90 Å². The quantitative estimate of drug-likeness (QED) is 0.726. The third-order valence-electron chi connectivity index (χ3n) is 5.40. The average Bonchev–Trinajstić information content (AvgIpc) is 3.10. The second-order valence-corrected chi connectivity index (χ2v) is 8.32. The molecule has 1 saturated heterocycles. The molecule has 0 bridgehead atoms. The molecule has 2 N–H and O–H groups in total. The molecule has 1 unspecified atom stereocenters. The minimum Gasteiger partial charge on any atom is -0.399 e. The van der Waals surface area contributed by atoms with Crippen LogP contribution < -0.4 is 5.73 Å². The smallest absolute Gasteiger partial charge is 0.223 e. The Morgan fingerprint density at radius 1 is 1.11 bits per heavy atom. The number of benzene rings is 2. The second-order valence-electron chi connectivity index (χ2n) is 8.32. The van der Waals surface area contributed by atoms with Crippen LogP contribution in [0.15, 0.2) is 48.5 Å². The van der Waals surface area contributed by atoms with Crippen LogP contribution in [-0.4, -0.2) is 17.4 Å². The third-order valence-corrected chi connectivity index (χ3v) is 5.40. The van der Waals surface area contributed by atoms with Crippen molar-refractivity contribution in [2.24, 2.45) is 0 Å². The molecule has 0 saturated carbocycles. The highest BCUT2D eigenvalue weighted by molar-refractivity contribution is 5.85. The standard InChI is InChI=1S/C23H30N2O.ClH/c1-23(2,3)19-13-10-18(11-14-19)21-9-6-16-25(21)22(26)15-12-17-7-4-5-8-20(17)24;/h4-5,7-8,10-11,13-14,21H,6,9,12,15-16,24H2,1-3H3;1H. The average molecular weight is 387 g/mol. The van der Waals surface area contributed by atoms with Crippen molar-refractivity contribution in [1.29, 1.82) is 0 Å². The van der Waals surface area contributed by atoms with Gasteiger partial charge in [-0.25, -0.2) is 0 Å². The van der Waals surface area contributed by atoms with Crippen molar-refractivity contribution in [2.45, 2.75) is 57.9 Å². The van der Waals surface area contributed by atoms with Crippen molar-refractivity contribution < 1.29 is 4.79 Å². The molecule has 0 aromatic heterocycles. The number of amides is 1. The van der Waals surface area contributed by atoms with Crippen LogP contribution >= 0.6 is 12.4 Å². The molecule has 0 radical (unpaired) electrons. The van der Waals surface area contributed by atoms with E-state index < -0.39 is 0 Å². The Kier molecular flexibility index (Phi) is 6.94. The molecule has 0 spiro atoms. The Morgan fingerprint density at radius 2 is 1.78 bits per heavy atom. The predicted molar refractivity (Wildman–Crippen MR) is 115 cm³/mol. The minimum atomic E-state index is 0. The van der Waals surface area contributed by atoms with E-state index in [1.807, 2.05) is 24.3 Å². The van der Waals surface area contributed by atoms with Gasteiger partial charge >= 0.3 is 0 Å². The van der Waals surface area contributed by atoms with E-state index in [0.29, 0.717) is 12.8 Å². The maximum atomic E-state index is 12.8. The van der Waals surface area contributed by atoms with Gasteiger partial charge in [-0.15, -0.1) is 12.4 Å². The van der Waals surface area contributed by atoms with Gasteiger partial charge in [-0.05, 0) is 47.4 Å². The zero-order valence-electron chi connectivity index (χ0n) is 16.6. The molecule has 1 aliphatic heterocycles. The van der Waals surface area contributed by atoms with Crippen LogP contribution in [0, 0.1) is 0 Å². The van der Waals surface area contributed by atoms with Crippen LogP contribution in [0.1, 0.15) is 62.8 Å². The fraction of sp³-hybridized carbons (Fsp3) is 0.435. The zero-order chi connectivity index (χ0) is 18.7. The van der Waals surface area contributed by atoms with Crippen molar-refractivity contribution >= 4 is 24.0 Å². The highest BCUT2D eigenvalue weighted by Gasteiger charge is 2.29. The summed E-state index contributed by atoms with van der Waals surface area (Å²) in [5.74, 6) is 0.232. The normalized spacial score (nSPS) is 16.9. The number of nitrogens with zero attached hydrogens (tertiary/aromatic N) is 1. The predicted octanol–water partition coefficient (Wildman–Crippen LogP) is 5.28. The second kappa shape index (κ2) is 8.79. The summed E-state index contributed by atoms with van der Waals surface area (Å²) in [5.41, 5.74) is 10.6. The summed E-state index contributed by atoms with van der Waals surface area (Å²) in [7, 11) is 0. The summed E-state index contributed by atoms with van der Waals surface area (Å²) in [4.78, 5) is 14.9. The van der Waals surface area contributed by atoms with Crippen molar-refractivity contribution in [3.05, 3.63) is 65.2 Å². The minimum absolute atomic E-state index is 0. The van der Waals surface area contributed by atoms with E-state index in [9.17, 15) is 4.79 Å². The molecular weight excluding hydrogens is 356 g/mol. The van der Waals surface area contributed by atoms with Crippen molar-refractivity contribution in [3.8, 4) is 0 Å². The summed E-state index contributed by atoms with van der Waals surface area (Å²) in [6.07, 6.45) is 3.35. The lowest BCUT2D eigenvalue weighted by Crippen LogP contribution is -2.30. The topological polar surface area (TPSA) is 46.3 Å². The molecule has 4 heteroatoms. The summed E-state index contributed by atoms with van der Waals surface area (Å²) in [6, 6.07) is 16.8. The Morgan fingerprint density at radius 3 is 2.41 bits per heavy atom. The number of halogens is 1. The summed E-state index contributed by atoms with van der Waals surface area (Å²) in [5, 5.41) is 0. The van der Waals surface area contributed by atoms with Gasteiger partial charge in [-0.2, -0.15) is 0 Å². The van der Waals surface area contributed by atoms with Gasteiger partial charge in [0.05, 0.1) is 6.04 Å². The lowest BCUT2D eigenvalue weighted by atomic mass is 9.86. The van der Waals surface area contributed by atoms with Gasteiger partial charge in [-0.3, -0.25) is 4.79 Å². The third kappa shape index (κ3) is 5.04. The summed E-state index contributed by atoms with van der Waals surface area (Å²) < 4.78 is 0. The first-order chi connectivity index (χ1) is 12.4. The van der Waals surface area contributed by atoms with Crippen LogP contribution in [0.5, 0.6) is 0 Å². The summed E-state index contributed by atoms with van der Waals surface area (Å²) >= 11 is 0. The first kappa shape index (κ1) is 21.3. The first-order valence-corrected chi connectivity index (χ1v) is 9.59. The molecule has 1 fully saturated rings. The Labute approximate surface area is 169 Å². The fourth-order valence-electron chi connectivity index (χ4n) is 3.76. The van der Waals surface area contributed by atoms with Gasteiger partial charge in [0.2, 0.25) is 5.91 Å². The number of aryl methyl sites for hydroxylation is 1. The first-order valence-electron chi connectivity index (χ1n) is 9.59. The molecule has 1 aliphatic rings. The zero-order valence-corrected chi connectivity index (χ0v) is 17.4. The largest absolute Gasteiger partial charge is 0.399 e. The van der Waals surface area contributed by atoms with Crippen LogP contribution in [0.25, 0.3) is 0 Å². The van der Waals surface area contributed by atoms with Crippen LogP contribution in [0.4, 0.5) is 5.69 Å². The van der Waals surface area contributed by atoms with E-state index >= 15 is 0 Å². The summed E-state index contributed by atoms with van der Waals surface area (Å²) in [6.45, 7) is 7.53. The maximum absolute atomic E-state index is 12.8. The Balaban J connectivity index is 0.00000261. The van der Waals surface area contributed by atoms with Gasteiger partial charge in [0.25, 0.3) is 0 Å². The number of carbonyl (C=O) groups excluding carboxylic acids is 1. The maximum Gasteiger partial charge on any atom is 0.223 e. The molecular formula is C23H31ClN2O.